The van der Waals surface area contributed by atoms with E-state index in [2.05, 4.69) is 20.2 Å². The number of halogens is 2. The van der Waals surface area contributed by atoms with Crippen LogP contribution in [-0.2, 0) is 0 Å². The molecule has 1 aliphatic carbocycles. The number of benzene rings is 1. The van der Waals surface area contributed by atoms with Crippen LogP contribution in [0.15, 0.2) is 47.5 Å². The number of carboxylic acid groups (broad SMARTS) is 1. The number of nitrogens with one attached hydrogen (secondary N) is 2. The number of nitrogens with two attached hydrogens (primary N) is 1. The molecule has 0 unspecified atom stereocenters. The summed E-state index contributed by atoms with van der Waals surface area (Å²) >= 11 is 0. The van der Waals surface area contributed by atoms with Crippen molar-refractivity contribution in [3.05, 3.63) is 70.3 Å². The van der Waals surface area contributed by atoms with Crippen molar-refractivity contribution in [2.24, 2.45) is 11.1 Å². The zero-order valence-corrected chi connectivity index (χ0v) is 20.9. The molecule has 5 N–H and O–H groups in total. The Morgan fingerprint density at radius 2 is 2.03 bits per heavy atom. The third kappa shape index (κ3) is 3.29. The first-order chi connectivity index (χ1) is 18.7. The quantitative estimate of drug-likeness (QED) is 0.277. The van der Waals surface area contributed by atoms with Crippen LogP contribution >= 0.6 is 0 Å². The van der Waals surface area contributed by atoms with Gasteiger partial charge >= 0.3 is 5.97 Å². The lowest BCUT2D eigenvalue weighted by molar-refractivity contribution is 0.0694. The van der Waals surface area contributed by atoms with Crippen molar-refractivity contribution >= 4 is 44.8 Å². The van der Waals surface area contributed by atoms with E-state index in [1.165, 1.54) is 10.5 Å². The molecule has 4 aromatic heterocycles. The van der Waals surface area contributed by atoms with Gasteiger partial charge < -0.3 is 26.0 Å². The van der Waals surface area contributed by atoms with Crippen molar-refractivity contribution < 1.29 is 18.7 Å². The molecule has 0 radical (unpaired) electrons. The molecule has 5 aromatic rings. The summed E-state index contributed by atoms with van der Waals surface area (Å²) in [5.41, 5.74) is 8.82. The summed E-state index contributed by atoms with van der Waals surface area (Å²) < 4.78 is 31.6. The molecule has 0 bridgehead atoms. The number of rotatable bonds is 4. The highest BCUT2D eigenvalue weighted by atomic mass is 19.2. The van der Waals surface area contributed by atoms with Crippen molar-refractivity contribution in [2.45, 2.75) is 18.9 Å². The maximum Gasteiger partial charge on any atom is 0.341 e. The Kier molecular flexibility index (Phi) is 4.84. The summed E-state index contributed by atoms with van der Waals surface area (Å²) in [6.45, 7) is 1.32. The molecule has 0 amide bonds. The van der Waals surface area contributed by atoms with Crippen molar-refractivity contribution in [1.29, 1.82) is 0 Å². The van der Waals surface area contributed by atoms with Crippen molar-refractivity contribution in [2.75, 3.05) is 30.4 Å². The van der Waals surface area contributed by atoms with Crippen LogP contribution in [0, 0.1) is 17.0 Å². The molecule has 7 rings (SSSR count). The number of aromatic carboxylic acids is 1. The van der Waals surface area contributed by atoms with Gasteiger partial charge in [-0.25, -0.2) is 18.6 Å². The highest BCUT2D eigenvalue weighted by Gasteiger charge is 2.56. The van der Waals surface area contributed by atoms with Gasteiger partial charge in [-0.05, 0) is 31.0 Å². The van der Waals surface area contributed by atoms with Gasteiger partial charge in [0.05, 0.1) is 27.7 Å². The smallest absolute Gasteiger partial charge is 0.341 e. The third-order valence-corrected chi connectivity index (χ3v) is 8.38. The van der Waals surface area contributed by atoms with E-state index in [4.69, 9.17) is 5.73 Å². The molecule has 39 heavy (non-hydrogen) atoms. The summed E-state index contributed by atoms with van der Waals surface area (Å²) in [5, 5.41) is 12.9. The molecule has 1 saturated heterocycles. The molecule has 2 fully saturated rings. The van der Waals surface area contributed by atoms with E-state index in [-0.39, 0.29) is 22.4 Å². The highest BCUT2D eigenvalue weighted by molar-refractivity contribution is 6.18. The summed E-state index contributed by atoms with van der Waals surface area (Å²) in [4.78, 5) is 34.4. The van der Waals surface area contributed by atoms with Gasteiger partial charge in [-0.1, -0.05) is 6.07 Å². The van der Waals surface area contributed by atoms with E-state index in [9.17, 15) is 19.1 Å². The van der Waals surface area contributed by atoms with E-state index in [0.29, 0.717) is 57.7 Å². The Balaban J connectivity index is 1.55. The Morgan fingerprint density at radius 3 is 2.72 bits per heavy atom. The first kappa shape index (κ1) is 23.6. The minimum absolute atomic E-state index is 0.0182. The van der Waals surface area contributed by atoms with Crippen LogP contribution < -0.4 is 21.5 Å². The lowest BCUT2D eigenvalue weighted by Gasteiger charge is -2.24. The van der Waals surface area contributed by atoms with Gasteiger partial charge in [-0.3, -0.25) is 9.20 Å². The monoisotopic (exact) mass is 530 g/mol. The van der Waals surface area contributed by atoms with Crippen molar-refractivity contribution in [1.82, 2.24) is 14.4 Å². The van der Waals surface area contributed by atoms with E-state index < -0.39 is 23.2 Å². The van der Waals surface area contributed by atoms with Gasteiger partial charge in [0.25, 0.3) is 5.56 Å². The second-order valence-electron chi connectivity index (χ2n) is 10.5. The summed E-state index contributed by atoms with van der Waals surface area (Å²) in [7, 11) is 1.63. The summed E-state index contributed by atoms with van der Waals surface area (Å²) in [6, 6.07) is 7.56. The minimum atomic E-state index is -1.32. The second-order valence-corrected chi connectivity index (χ2v) is 10.5. The lowest BCUT2D eigenvalue weighted by Crippen LogP contribution is -2.24. The Hall–Kier alpha value is -4.51. The number of pyridine rings is 3. The fraction of sp³-hybridized carbons (Fsp3) is 0.250. The number of fused-ring (bicyclic) bond motifs is 4. The first-order valence-electron chi connectivity index (χ1n) is 12.6. The predicted molar refractivity (Wildman–Crippen MR) is 145 cm³/mol. The highest BCUT2D eigenvalue weighted by Crippen LogP contribution is 2.54. The SMILES string of the molecule is CNc1cc(F)c(F)c2c1[nH]c1ncc(-c3ccc4ccc(C(=O)O)c(=O)n4c3)c(N3CC[C@@]4(C[C@@H]4N)C3)c12. The Labute approximate surface area is 219 Å². The molecule has 1 aromatic carbocycles. The molecule has 1 saturated carbocycles. The van der Waals surface area contributed by atoms with E-state index in [0.717, 1.165) is 18.9 Å². The van der Waals surface area contributed by atoms with Crippen molar-refractivity contribution in [3.63, 3.8) is 0 Å². The van der Waals surface area contributed by atoms with Gasteiger partial charge in [0.15, 0.2) is 11.6 Å². The largest absolute Gasteiger partial charge is 0.477 e. The molecule has 198 valence electrons. The molecule has 2 aliphatic rings. The number of H-pyrrole nitrogens is 1. The number of nitrogens with zero attached hydrogens (tertiary/aromatic N) is 3. The fourth-order valence-electron chi connectivity index (χ4n) is 6.13. The van der Waals surface area contributed by atoms with Crippen LogP contribution in [0.25, 0.3) is 38.6 Å². The molecule has 11 heteroatoms. The van der Waals surface area contributed by atoms with Crippen LogP contribution in [-0.4, -0.2) is 51.6 Å². The van der Waals surface area contributed by atoms with Gasteiger partial charge in [0.1, 0.15) is 11.2 Å². The van der Waals surface area contributed by atoms with Crippen LogP contribution in [0.1, 0.15) is 23.2 Å². The Bertz CT molecular complexity index is 1930. The van der Waals surface area contributed by atoms with Crippen LogP contribution in [0.3, 0.4) is 0 Å². The molecular formula is C28H24F2N6O3. The first-order valence-corrected chi connectivity index (χ1v) is 12.6. The molecule has 2 atom stereocenters. The van der Waals surface area contributed by atoms with Gasteiger partial charge in [0.2, 0.25) is 0 Å². The Morgan fingerprint density at radius 1 is 1.26 bits per heavy atom. The van der Waals surface area contributed by atoms with Gasteiger partial charge in [-0.15, -0.1) is 0 Å². The number of hydrogen-bond donors (Lipinski definition) is 4. The maximum absolute atomic E-state index is 15.5. The molecule has 1 spiro atoms. The van der Waals surface area contributed by atoms with Crippen LogP contribution in [0.5, 0.6) is 0 Å². The molecule has 9 nitrogen and oxygen atoms in total. The van der Waals surface area contributed by atoms with Gasteiger partial charge in [0, 0.05) is 66.7 Å². The van der Waals surface area contributed by atoms with Crippen LogP contribution in [0.2, 0.25) is 0 Å². The number of anilines is 2. The predicted octanol–water partition coefficient (Wildman–Crippen LogP) is 3.94. The minimum Gasteiger partial charge on any atom is -0.477 e. The zero-order valence-electron chi connectivity index (χ0n) is 20.9. The van der Waals surface area contributed by atoms with Crippen molar-refractivity contribution in [3.8, 4) is 11.1 Å². The third-order valence-electron chi connectivity index (χ3n) is 8.38. The number of carbonyl (C=O) groups is 1. The molecular weight excluding hydrogens is 506 g/mol. The van der Waals surface area contributed by atoms with E-state index in [1.54, 1.807) is 37.6 Å². The standard InChI is InChI=1S/C28H24F2N6O3/c1-32-18-8-17(29)22(30)20-21-24(35-7-6-28(12-35)9-19(28)31)16(10-33-25(21)34-23(18)20)13-2-3-14-4-5-15(27(38)39)26(37)36(14)11-13/h2-5,8,10-11,19,32H,6-7,9,12,31H2,1H3,(H,33,34)(H,38,39)/t19-,28+/m0/s1. The number of aromatic nitrogens is 3. The average Bonchev–Trinajstić information content (AvgIpc) is 3.23. The fourth-order valence-corrected chi connectivity index (χ4v) is 6.13. The van der Waals surface area contributed by atoms with Gasteiger partial charge in [-0.2, -0.15) is 0 Å². The van der Waals surface area contributed by atoms with E-state index >= 15 is 4.39 Å². The van der Waals surface area contributed by atoms with Crippen LogP contribution in [0.4, 0.5) is 20.2 Å². The summed E-state index contributed by atoms with van der Waals surface area (Å²) in [6.07, 6.45) is 4.98. The molecule has 1 aliphatic heterocycles. The number of carboxylic acids is 1. The zero-order chi connectivity index (χ0) is 27.2. The summed E-state index contributed by atoms with van der Waals surface area (Å²) in [5.74, 6) is -3.28. The second kappa shape index (κ2) is 8.00. The van der Waals surface area contributed by atoms with E-state index in [1.807, 2.05) is 0 Å². The topological polar surface area (TPSA) is 129 Å². The normalized spacial score (nSPS) is 20.5. The number of hydrogen-bond acceptors (Lipinski definition) is 6. The maximum atomic E-state index is 15.5. The average molecular weight is 531 g/mol. The number of aromatic amines is 1. The molecule has 5 heterocycles. The lowest BCUT2D eigenvalue weighted by atomic mass is 10.0.